The summed E-state index contributed by atoms with van der Waals surface area (Å²) in [6, 6.07) is 8.73. The van der Waals surface area contributed by atoms with Crippen LogP contribution in [0, 0.1) is 0 Å². The number of fused-ring (bicyclic) bond motifs is 2. The quantitative estimate of drug-likeness (QED) is 0.285. The average molecular weight is 441 g/mol. The molecule has 0 aliphatic rings. The van der Waals surface area contributed by atoms with Crippen LogP contribution >= 0.6 is 23.1 Å². The van der Waals surface area contributed by atoms with E-state index < -0.39 is 12.0 Å². The zero-order chi connectivity index (χ0) is 21.1. The first-order chi connectivity index (χ1) is 14.5. The molecule has 3 heterocycles. The third-order valence-corrected chi connectivity index (χ3v) is 6.96. The Labute approximate surface area is 180 Å². The molecule has 1 atom stereocenters. The summed E-state index contributed by atoms with van der Waals surface area (Å²) in [7, 11) is 0. The number of hydrogen-bond donors (Lipinski definition) is 3. The van der Waals surface area contributed by atoms with E-state index in [4.69, 9.17) is 0 Å². The van der Waals surface area contributed by atoms with E-state index in [0.717, 1.165) is 38.1 Å². The maximum Gasteiger partial charge on any atom is 0.326 e. The van der Waals surface area contributed by atoms with Crippen LogP contribution in [-0.4, -0.2) is 43.7 Å². The van der Waals surface area contributed by atoms with Crippen molar-refractivity contribution in [2.24, 2.45) is 0 Å². The van der Waals surface area contributed by atoms with Crippen LogP contribution in [0.3, 0.4) is 0 Å². The van der Waals surface area contributed by atoms with E-state index in [0.29, 0.717) is 0 Å². The molecule has 0 saturated carbocycles. The molecule has 3 N–H and O–H groups in total. The first kappa shape index (κ1) is 20.4. The normalized spacial score (nSPS) is 12.3. The lowest BCUT2D eigenvalue weighted by atomic mass is 10.1. The fourth-order valence-electron chi connectivity index (χ4n) is 3.26. The molecule has 3 aromatic heterocycles. The molecule has 0 aliphatic carbocycles. The minimum Gasteiger partial charge on any atom is -0.480 e. The van der Waals surface area contributed by atoms with Crippen molar-refractivity contribution >= 4 is 56.1 Å². The van der Waals surface area contributed by atoms with E-state index in [1.54, 1.807) is 17.5 Å². The summed E-state index contributed by atoms with van der Waals surface area (Å²) >= 11 is 2.91. The number of hydrogen-bond acceptors (Lipinski definition) is 6. The Bertz CT molecular complexity index is 1220. The molecular formula is C21H20N4O3S2. The van der Waals surface area contributed by atoms with Crippen LogP contribution in [0.25, 0.3) is 21.1 Å². The standard InChI is InChI=1S/C21H20N4O3S2/c1-2-13-8-15-19(23-11-24-20(15)30-13)29-10-18(26)25-17(21(27)28)7-12-9-22-16-6-4-3-5-14(12)16/h3-6,8-9,11,17,22H,2,7,10H2,1H3,(H,25,26)(H,27,28)/t17-/m1/s1. The molecule has 0 saturated heterocycles. The van der Waals surface area contributed by atoms with Gasteiger partial charge in [0.15, 0.2) is 0 Å². The molecule has 0 aliphatic heterocycles. The highest BCUT2D eigenvalue weighted by molar-refractivity contribution is 8.00. The molecule has 4 rings (SSSR count). The van der Waals surface area contributed by atoms with E-state index in [2.05, 4.69) is 33.3 Å². The summed E-state index contributed by atoms with van der Waals surface area (Å²) in [6.45, 7) is 2.08. The SMILES string of the molecule is CCc1cc2c(SCC(=O)N[C@H](Cc3c[nH]c4ccccc34)C(=O)O)ncnc2s1. The van der Waals surface area contributed by atoms with Crippen LogP contribution in [-0.2, 0) is 22.4 Å². The maximum absolute atomic E-state index is 12.5. The number of carbonyl (C=O) groups is 2. The summed E-state index contributed by atoms with van der Waals surface area (Å²) in [5, 5.41) is 14.9. The zero-order valence-electron chi connectivity index (χ0n) is 16.2. The Morgan fingerprint density at radius 3 is 2.90 bits per heavy atom. The Morgan fingerprint density at radius 1 is 1.27 bits per heavy atom. The number of carbonyl (C=O) groups excluding carboxylic acids is 1. The highest BCUT2D eigenvalue weighted by Gasteiger charge is 2.22. The van der Waals surface area contributed by atoms with Crippen LogP contribution in [0.15, 0.2) is 47.9 Å². The third kappa shape index (κ3) is 4.31. The lowest BCUT2D eigenvalue weighted by Gasteiger charge is -2.14. The highest BCUT2D eigenvalue weighted by Crippen LogP contribution is 2.30. The predicted octanol–water partition coefficient (Wildman–Crippen LogP) is 3.64. The number of amides is 1. The Kier molecular flexibility index (Phi) is 6.01. The number of thiophene rings is 1. The number of nitrogens with zero attached hydrogens (tertiary/aromatic N) is 2. The number of thioether (sulfide) groups is 1. The Balaban J connectivity index is 1.43. The summed E-state index contributed by atoms with van der Waals surface area (Å²) in [4.78, 5) is 38.0. The first-order valence-corrected chi connectivity index (χ1v) is 11.3. The summed E-state index contributed by atoms with van der Waals surface area (Å²) in [6.07, 6.45) is 4.41. The van der Waals surface area contributed by atoms with Gasteiger partial charge in [0.2, 0.25) is 5.91 Å². The minimum absolute atomic E-state index is 0.0844. The number of para-hydroxylation sites is 1. The molecule has 0 unspecified atom stereocenters. The lowest BCUT2D eigenvalue weighted by molar-refractivity contribution is -0.141. The molecule has 0 fully saturated rings. The van der Waals surface area contributed by atoms with Crippen molar-refractivity contribution in [2.45, 2.75) is 30.8 Å². The molecule has 0 bridgehead atoms. The van der Waals surface area contributed by atoms with Crippen LogP contribution < -0.4 is 5.32 Å². The number of nitrogens with one attached hydrogen (secondary N) is 2. The number of aliphatic carboxylic acids is 1. The number of rotatable bonds is 8. The van der Waals surface area contributed by atoms with E-state index in [9.17, 15) is 14.7 Å². The van der Waals surface area contributed by atoms with Gasteiger partial charge in [0.25, 0.3) is 0 Å². The fraction of sp³-hybridized carbons (Fsp3) is 0.238. The van der Waals surface area contributed by atoms with Gasteiger partial charge in [-0.1, -0.05) is 36.9 Å². The lowest BCUT2D eigenvalue weighted by Crippen LogP contribution is -2.43. The van der Waals surface area contributed by atoms with Crippen molar-refractivity contribution in [2.75, 3.05) is 5.75 Å². The number of carboxylic acids is 1. The van der Waals surface area contributed by atoms with E-state index >= 15 is 0 Å². The van der Waals surface area contributed by atoms with E-state index in [-0.39, 0.29) is 18.1 Å². The van der Waals surface area contributed by atoms with Crippen molar-refractivity contribution in [3.05, 3.63) is 53.3 Å². The summed E-state index contributed by atoms with van der Waals surface area (Å²) in [5.74, 6) is -1.32. The number of H-pyrrole nitrogens is 1. The van der Waals surface area contributed by atoms with Gasteiger partial charge >= 0.3 is 5.97 Å². The monoisotopic (exact) mass is 440 g/mol. The third-order valence-electron chi connectivity index (χ3n) is 4.76. The first-order valence-electron chi connectivity index (χ1n) is 9.48. The molecule has 1 amide bonds. The van der Waals surface area contributed by atoms with Gasteiger partial charge < -0.3 is 15.4 Å². The van der Waals surface area contributed by atoms with Gasteiger partial charge in [0, 0.05) is 33.8 Å². The van der Waals surface area contributed by atoms with Gasteiger partial charge in [-0.15, -0.1) is 11.3 Å². The zero-order valence-corrected chi connectivity index (χ0v) is 17.8. The second-order valence-corrected chi connectivity index (χ2v) is 8.85. The van der Waals surface area contributed by atoms with Gasteiger partial charge in [-0.25, -0.2) is 14.8 Å². The van der Waals surface area contributed by atoms with Crippen molar-refractivity contribution in [3.8, 4) is 0 Å². The predicted molar refractivity (Wildman–Crippen MR) is 119 cm³/mol. The van der Waals surface area contributed by atoms with Gasteiger partial charge in [-0.3, -0.25) is 4.79 Å². The van der Waals surface area contributed by atoms with Gasteiger partial charge in [0.05, 0.1) is 5.75 Å². The average Bonchev–Trinajstić information content (AvgIpc) is 3.36. The van der Waals surface area contributed by atoms with Crippen LogP contribution in [0.1, 0.15) is 17.4 Å². The Hall–Kier alpha value is -2.91. The summed E-state index contributed by atoms with van der Waals surface area (Å²) < 4.78 is 0. The molecule has 7 nitrogen and oxygen atoms in total. The fourth-order valence-corrected chi connectivity index (χ4v) is 5.05. The molecule has 9 heteroatoms. The van der Waals surface area contributed by atoms with Crippen molar-refractivity contribution in [1.29, 1.82) is 0 Å². The summed E-state index contributed by atoms with van der Waals surface area (Å²) in [5.41, 5.74) is 1.79. The number of aryl methyl sites for hydroxylation is 1. The van der Waals surface area contributed by atoms with Gasteiger partial charge in [0.1, 0.15) is 22.2 Å². The topological polar surface area (TPSA) is 108 Å². The van der Waals surface area contributed by atoms with E-state index in [1.165, 1.54) is 23.0 Å². The van der Waals surface area contributed by atoms with Crippen molar-refractivity contribution in [1.82, 2.24) is 20.3 Å². The second-order valence-electron chi connectivity index (χ2n) is 6.77. The molecule has 30 heavy (non-hydrogen) atoms. The molecule has 0 radical (unpaired) electrons. The molecule has 0 spiro atoms. The van der Waals surface area contributed by atoms with E-state index in [1.807, 2.05) is 24.3 Å². The van der Waals surface area contributed by atoms with Gasteiger partial charge in [-0.05, 0) is 24.1 Å². The van der Waals surface area contributed by atoms with Crippen LogP contribution in [0.2, 0.25) is 0 Å². The molecule has 4 aromatic rings. The van der Waals surface area contributed by atoms with Gasteiger partial charge in [-0.2, -0.15) is 0 Å². The number of aromatic amines is 1. The smallest absolute Gasteiger partial charge is 0.326 e. The largest absolute Gasteiger partial charge is 0.480 e. The molecular weight excluding hydrogens is 420 g/mol. The second kappa shape index (κ2) is 8.85. The van der Waals surface area contributed by atoms with Crippen LogP contribution in [0.4, 0.5) is 0 Å². The van der Waals surface area contributed by atoms with Crippen LogP contribution in [0.5, 0.6) is 0 Å². The minimum atomic E-state index is -1.06. The molecule has 1 aromatic carbocycles. The number of carboxylic acid groups (broad SMARTS) is 1. The highest BCUT2D eigenvalue weighted by atomic mass is 32.2. The number of aromatic nitrogens is 3. The maximum atomic E-state index is 12.5. The molecule has 154 valence electrons. The number of benzene rings is 1. The van der Waals surface area contributed by atoms with Crippen molar-refractivity contribution < 1.29 is 14.7 Å². The Morgan fingerprint density at radius 2 is 2.10 bits per heavy atom. The van der Waals surface area contributed by atoms with Crippen molar-refractivity contribution in [3.63, 3.8) is 0 Å².